The van der Waals surface area contributed by atoms with Crippen LogP contribution < -0.4 is 15.4 Å². The first kappa shape index (κ1) is 20.6. The molecule has 0 amide bonds. The van der Waals surface area contributed by atoms with Crippen molar-refractivity contribution >= 4 is 5.96 Å². The molecule has 2 rings (SSSR count). The summed E-state index contributed by atoms with van der Waals surface area (Å²) in [5, 5.41) is 6.83. The van der Waals surface area contributed by atoms with Crippen LogP contribution in [0.4, 0.5) is 0 Å². The fourth-order valence-electron chi connectivity index (χ4n) is 3.44. The van der Waals surface area contributed by atoms with Crippen LogP contribution in [-0.2, 0) is 4.74 Å². The van der Waals surface area contributed by atoms with E-state index in [-0.39, 0.29) is 5.41 Å². The van der Waals surface area contributed by atoms with Gasteiger partial charge in [-0.2, -0.15) is 0 Å². The summed E-state index contributed by atoms with van der Waals surface area (Å²) in [5.41, 5.74) is 0.165. The standard InChI is InChI=1S/C21H35N3O2/c1-21(2,3)19-17(10-8-14-26-19)16-24-20(22-4)23-13-9-15-25-18-11-6-5-7-12-18/h5-7,11-12,17,19H,8-10,13-16H2,1-4H3,(H2,22,23,24). The van der Waals surface area contributed by atoms with Crippen LogP contribution in [0, 0.1) is 11.3 Å². The molecule has 0 bridgehead atoms. The third kappa shape index (κ3) is 6.87. The van der Waals surface area contributed by atoms with Crippen molar-refractivity contribution in [3.63, 3.8) is 0 Å². The smallest absolute Gasteiger partial charge is 0.190 e. The molecule has 1 aliphatic rings. The van der Waals surface area contributed by atoms with Crippen LogP contribution >= 0.6 is 0 Å². The quantitative estimate of drug-likeness (QED) is 0.444. The summed E-state index contributed by atoms with van der Waals surface area (Å²) in [6.07, 6.45) is 3.56. The van der Waals surface area contributed by atoms with Gasteiger partial charge in [-0.25, -0.2) is 0 Å². The predicted molar refractivity (Wildman–Crippen MR) is 108 cm³/mol. The summed E-state index contributed by atoms with van der Waals surface area (Å²) in [6.45, 7) is 10.1. The van der Waals surface area contributed by atoms with Gasteiger partial charge >= 0.3 is 0 Å². The maximum absolute atomic E-state index is 6.06. The Bertz CT molecular complexity index is 540. The fourth-order valence-corrected chi connectivity index (χ4v) is 3.44. The summed E-state index contributed by atoms with van der Waals surface area (Å²) in [5.74, 6) is 2.28. The highest BCUT2D eigenvalue weighted by Gasteiger charge is 2.35. The Hall–Kier alpha value is -1.75. The van der Waals surface area contributed by atoms with Gasteiger partial charge in [0.15, 0.2) is 5.96 Å². The lowest BCUT2D eigenvalue weighted by molar-refractivity contribution is -0.0835. The molecule has 0 radical (unpaired) electrons. The van der Waals surface area contributed by atoms with Crippen LogP contribution in [0.3, 0.4) is 0 Å². The van der Waals surface area contributed by atoms with E-state index in [1.165, 1.54) is 6.42 Å². The molecule has 1 heterocycles. The van der Waals surface area contributed by atoms with Crippen molar-refractivity contribution in [1.82, 2.24) is 10.6 Å². The van der Waals surface area contributed by atoms with Crippen LogP contribution in [0.15, 0.2) is 35.3 Å². The number of rotatable bonds is 7. The van der Waals surface area contributed by atoms with Crippen LogP contribution in [0.5, 0.6) is 5.75 Å². The van der Waals surface area contributed by atoms with Crippen LogP contribution in [0.1, 0.15) is 40.0 Å². The van der Waals surface area contributed by atoms with E-state index in [9.17, 15) is 0 Å². The maximum atomic E-state index is 6.06. The highest BCUT2D eigenvalue weighted by molar-refractivity contribution is 5.79. The highest BCUT2D eigenvalue weighted by Crippen LogP contribution is 2.33. The van der Waals surface area contributed by atoms with E-state index < -0.39 is 0 Å². The number of aliphatic imine (C=N–C) groups is 1. The van der Waals surface area contributed by atoms with Gasteiger partial charge in [0.25, 0.3) is 0 Å². The molecule has 1 fully saturated rings. The molecule has 146 valence electrons. The minimum Gasteiger partial charge on any atom is -0.494 e. The molecule has 0 aromatic heterocycles. The Labute approximate surface area is 158 Å². The maximum Gasteiger partial charge on any atom is 0.190 e. The van der Waals surface area contributed by atoms with Crippen molar-refractivity contribution in [1.29, 1.82) is 0 Å². The van der Waals surface area contributed by atoms with E-state index in [2.05, 4.69) is 36.4 Å². The Balaban J connectivity index is 1.67. The van der Waals surface area contributed by atoms with Crippen LogP contribution in [-0.4, -0.2) is 45.4 Å². The largest absolute Gasteiger partial charge is 0.494 e. The van der Waals surface area contributed by atoms with Crippen molar-refractivity contribution < 1.29 is 9.47 Å². The van der Waals surface area contributed by atoms with Gasteiger partial charge in [-0.1, -0.05) is 39.0 Å². The van der Waals surface area contributed by atoms with E-state index in [1.807, 2.05) is 37.4 Å². The highest BCUT2D eigenvalue weighted by atomic mass is 16.5. The fraction of sp³-hybridized carbons (Fsp3) is 0.667. The lowest BCUT2D eigenvalue weighted by atomic mass is 9.78. The minimum atomic E-state index is 0.165. The first-order valence-electron chi connectivity index (χ1n) is 9.74. The average Bonchev–Trinajstić information content (AvgIpc) is 2.64. The minimum absolute atomic E-state index is 0.165. The number of hydrogen-bond donors (Lipinski definition) is 2. The number of guanidine groups is 1. The average molecular weight is 362 g/mol. The Kier molecular flexibility index (Phi) is 8.23. The molecule has 2 N–H and O–H groups in total. The third-order valence-electron chi connectivity index (χ3n) is 4.68. The van der Waals surface area contributed by atoms with Gasteiger partial charge < -0.3 is 20.1 Å². The summed E-state index contributed by atoms with van der Waals surface area (Å²) < 4.78 is 11.8. The SMILES string of the molecule is CN=C(NCCCOc1ccccc1)NCC1CCCOC1C(C)(C)C. The molecular formula is C21H35N3O2. The summed E-state index contributed by atoms with van der Waals surface area (Å²) in [6, 6.07) is 9.92. The second-order valence-corrected chi connectivity index (χ2v) is 7.95. The molecule has 2 unspecified atom stereocenters. The molecule has 5 nitrogen and oxygen atoms in total. The van der Waals surface area contributed by atoms with Gasteiger partial charge in [0.05, 0.1) is 12.7 Å². The summed E-state index contributed by atoms with van der Waals surface area (Å²) >= 11 is 0. The number of benzene rings is 1. The molecular weight excluding hydrogens is 326 g/mol. The first-order valence-corrected chi connectivity index (χ1v) is 9.74. The second-order valence-electron chi connectivity index (χ2n) is 7.95. The van der Waals surface area contributed by atoms with Crippen molar-refractivity contribution in [2.75, 3.05) is 33.4 Å². The molecule has 0 aliphatic carbocycles. The second kappa shape index (κ2) is 10.4. The molecule has 1 aliphatic heterocycles. The zero-order chi connectivity index (χ0) is 18.8. The van der Waals surface area contributed by atoms with Gasteiger partial charge in [0, 0.05) is 32.7 Å². The van der Waals surface area contributed by atoms with Crippen molar-refractivity contribution in [2.24, 2.45) is 16.3 Å². The van der Waals surface area contributed by atoms with Gasteiger partial charge in [-0.15, -0.1) is 0 Å². The lowest BCUT2D eigenvalue weighted by Crippen LogP contribution is -2.47. The summed E-state index contributed by atoms with van der Waals surface area (Å²) in [4.78, 5) is 4.33. The molecule has 26 heavy (non-hydrogen) atoms. The van der Waals surface area contributed by atoms with E-state index in [4.69, 9.17) is 9.47 Å². The van der Waals surface area contributed by atoms with Gasteiger partial charge in [0.2, 0.25) is 0 Å². The summed E-state index contributed by atoms with van der Waals surface area (Å²) in [7, 11) is 1.81. The molecule has 1 aromatic rings. The topological polar surface area (TPSA) is 54.9 Å². The number of hydrogen-bond acceptors (Lipinski definition) is 3. The van der Waals surface area contributed by atoms with Crippen molar-refractivity contribution in [3.8, 4) is 5.75 Å². The van der Waals surface area contributed by atoms with Crippen LogP contribution in [0.2, 0.25) is 0 Å². The molecule has 1 saturated heterocycles. The lowest BCUT2D eigenvalue weighted by Gasteiger charge is -2.40. The Morgan fingerprint density at radius 1 is 1.23 bits per heavy atom. The monoisotopic (exact) mass is 361 g/mol. The van der Waals surface area contributed by atoms with E-state index >= 15 is 0 Å². The molecule has 1 aromatic carbocycles. The Morgan fingerprint density at radius 3 is 2.69 bits per heavy atom. The molecule has 0 spiro atoms. The third-order valence-corrected chi connectivity index (χ3v) is 4.68. The van der Waals surface area contributed by atoms with Gasteiger partial charge in [-0.05, 0) is 36.8 Å². The Morgan fingerprint density at radius 2 is 2.00 bits per heavy atom. The number of nitrogens with one attached hydrogen (secondary N) is 2. The van der Waals surface area contributed by atoms with E-state index in [1.54, 1.807) is 0 Å². The van der Waals surface area contributed by atoms with E-state index in [0.29, 0.717) is 18.6 Å². The number of ether oxygens (including phenoxy) is 2. The zero-order valence-electron chi connectivity index (χ0n) is 16.8. The molecule has 0 saturated carbocycles. The van der Waals surface area contributed by atoms with Crippen molar-refractivity contribution in [2.45, 2.75) is 46.1 Å². The number of para-hydroxylation sites is 1. The van der Waals surface area contributed by atoms with E-state index in [0.717, 1.165) is 44.2 Å². The molecule has 5 heteroatoms. The normalized spacial score (nSPS) is 21.3. The zero-order valence-corrected chi connectivity index (χ0v) is 16.8. The predicted octanol–water partition coefficient (Wildman–Crippen LogP) is 3.46. The molecule has 2 atom stereocenters. The van der Waals surface area contributed by atoms with Gasteiger partial charge in [-0.3, -0.25) is 4.99 Å². The number of nitrogens with zero attached hydrogens (tertiary/aromatic N) is 1. The van der Waals surface area contributed by atoms with Crippen molar-refractivity contribution in [3.05, 3.63) is 30.3 Å². The van der Waals surface area contributed by atoms with Crippen LogP contribution in [0.25, 0.3) is 0 Å². The first-order chi connectivity index (χ1) is 12.5. The van der Waals surface area contributed by atoms with Gasteiger partial charge in [0.1, 0.15) is 5.75 Å².